The van der Waals surface area contributed by atoms with E-state index in [0.717, 1.165) is 5.56 Å². The quantitative estimate of drug-likeness (QED) is 0.672. The number of hydrazone groups is 1. The van der Waals surface area contributed by atoms with E-state index in [1.165, 1.54) is 12.3 Å². The molecule has 0 fully saturated rings. The molecule has 2 N–H and O–H groups in total. The van der Waals surface area contributed by atoms with Gasteiger partial charge in [0.1, 0.15) is 5.75 Å². The summed E-state index contributed by atoms with van der Waals surface area (Å²) in [4.78, 5) is 2.32. The normalized spacial score (nSPS) is 11.7. The van der Waals surface area contributed by atoms with Crippen LogP contribution in [0.25, 0.3) is 0 Å². The van der Waals surface area contributed by atoms with E-state index in [4.69, 9.17) is 0 Å². The number of sulfonamides is 1. The van der Waals surface area contributed by atoms with Crippen LogP contribution in [-0.4, -0.2) is 19.7 Å². The molecule has 0 saturated carbocycles. The lowest BCUT2D eigenvalue weighted by atomic mass is 10.2. The van der Waals surface area contributed by atoms with Crippen molar-refractivity contribution >= 4 is 16.2 Å². The van der Waals surface area contributed by atoms with Crippen molar-refractivity contribution in [2.75, 3.05) is 0 Å². The number of phenolic OH excluding ortho intramolecular Hbond substituents is 1. The Balaban J connectivity index is 2.21. The standard InChI is InChI=1S/C15H16N2O3S/c1-11-7-8-15(12(2)9-11)21(19,20)17-16-10-13-5-3-4-6-14(13)18/h3-10,17-18H,1-2H3/b16-10-. The maximum atomic E-state index is 12.2. The first kappa shape index (κ1) is 15.1. The third kappa shape index (κ3) is 3.61. The lowest BCUT2D eigenvalue weighted by Crippen LogP contribution is -2.19. The van der Waals surface area contributed by atoms with Crippen LogP contribution in [0.3, 0.4) is 0 Å². The highest BCUT2D eigenvalue weighted by Crippen LogP contribution is 2.16. The number of hydrogen-bond donors (Lipinski definition) is 2. The number of nitrogens with zero attached hydrogens (tertiary/aromatic N) is 1. The van der Waals surface area contributed by atoms with Gasteiger partial charge in [-0.25, -0.2) is 4.83 Å². The van der Waals surface area contributed by atoms with Crippen LogP contribution >= 0.6 is 0 Å². The van der Waals surface area contributed by atoms with Gasteiger partial charge in [-0.3, -0.25) is 0 Å². The van der Waals surface area contributed by atoms with Crippen molar-refractivity contribution < 1.29 is 13.5 Å². The first-order chi connectivity index (χ1) is 9.90. The molecule has 5 nitrogen and oxygen atoms in total. The predicted molar refractivity (Wildman–Crippen MR) is 81.9 cm³/mol. The topological polar surface area (TPSA) is 78.8 Å². The zero-order valence-corrected chi connectivity index (χ0v) is 12.6. The predicted octanol–water partition coefficient (Wildman–Crippen LogP) is 2.32. The van der Waals surface area contributed by atoms with E-state index in [2.05, 4.69) is 9.93 Å². The second kappa shape index (κ2) is 5.97. The summed E-state index contributed by atoms with van der Waals surface area (Å²) in [7, 11) is -3.72. The Morgan fingerprint density at radius 3 is 2.52 bits per heavy atom. The van der Waals surface area contributed by atoms with Gasteiger partial charge in [0.25, 0.3) is 10.0 Å². The smallest absolute Gasteiger partial charge is 0.276 e. The highest BCUT2D eigenvalue weighted by molar-refractivity contribution is 7.89. The number of nitrogens with one attached hydrogen (secondary N) is 1. The minimum absolute atomic E-state index is 0.0342. The molecule has 0 atom stereocenters. The van der Waals surface area contributed by atoms with Gasteiger partial charge in [0.2, 0.25) is 0 Å². The number of benzene rings is 2. The first-order valence-corrected chi connectivity index (χ1v) is 7.78. The Hall–Kier alpha value is -2.34. The van der Waals surface area contributed by atoms with Crippen LogP contribution < -0.4 is 4.83 Å². The molecule has 0 aromatic heterocycles. The lowest BCUT2D eigenvalue weighted by Gasteiger charge is -2.07. The molecule has 0 heterocycles. The summed E-state index contributed by atoms with van der Waals surface area (Å²) >= 11 is 0. The van der Waals surface area contributed by atoms with Gasteiger partial charge in [-0.1, -0.05) is 29.8 Å². The molecule has 0 radical (unpaired) electrons. The zero-order valence-electron chi connectivity index (χ0n) is 11.7. The number of para-hydroxylation sites is 1. The van der Waals surface area contributed by atoms with Gasteiger partial charge in [0, 0.05) is 5.56 Å². The molecule has 110 valence electrons. The number of phenols is 1. The fourth-order valence-corrected chi connectivity index (χ4v) is 2.93. The average molecular weight is 304 g/mol. The SMILES string of the molecule is Cc1ccc(S(=O)(=O)N/N=C\c2ccccc2O)c(C)c1. The van der Waals surface area contributed by atoms with Crippen LogP contribution in [-0.2, 0) is 10.0 Å². The Morgan fingerprint density at radius 1 is 1.14 bits per heavy atom. The molecule has 0 spiro atoms. The summed E-state index contributed by atoms with van der Waals surface area (Å²) in [6, 6.07) is 11.6. The van der Waals surface area contributed by atoms with Crippen molar-refractivity contribution in [1.29, 1.82) is 0 Å². The van der Waals surface area contributed by atoms with E-state index in [1.807, 2.05) is 6.92 Å². The van der Waals surface area contributed by atoms with E-state index in [9.17, 15) is 13.5 Å². The van der Waals surface area contributed by atoms with Crippen molar-refractivity contribution in [2.24, 2.45) is 5.10 Å². The number of hydrogen-bond acceptors (Lipinski definition) is 4. The fourth-order valence-electron chi connectivity index (χ4n) is 1.91. The van der Waals surface area contributed by atoms with Crippen LogP contribution in [0.5, 0.6) is 5.75 Å². The highest BCUT2D eigenvalue weighted by atomic mass is 32.2. The van der Waals surface area contributed by atoms with Crippen molar-refractivity contribution in [2.45, 2.75) is 18.7 Å². The molecule has 0 aliphatic rings. The Kier molecular flexibility index (Phi) is 4.28. The molecule has 0 aliphatic heterocycles. The van der Waals surface area contributed by atoms with Crippen LogP contribution in [0.4, 0.5) is 0 Å². The van der Waals surface area contributed by atoms with Gasteiger partial charge in [0.15, 0.2) is 0 Å². The molecule has 0 aliphatic carbocycles. The molecule has 2 rings (SSSR count). The molecule has 0 amide bonds. The summed E-state index contributed by atoms with van der Waals surface area (Å²) in [6.45, 7) is 3.63. The molecule has 2 aromatic rings. The molecule has 0 saturated heterocycles. The van der Waals surface area contributed by atoms with Gasteiger partial charge < -0.3 is 5.11 Å². The average Bonchev–Trinajstić information content (AvgIpc) is 2.40. The maximum absolute atomic E-state index is 12.2. The summed E-state index contributed by atoms with van der Waals surface area (Å²) in [5.41, 5.74) is 2.07. The molecule has 6 heteroatoms. The molecule has 0 unspecified atom stereocenters. The third-order valence-corrected chi connectivity index (χ3v) is 4.32. The van der Waals surface area contributed by atoms with Crippen molar-refractivity contribution in [1.82, 2.24) is 4.83 Å². The minimum Gasteiger partial charge on any atom is -0.507 e. The molecule has 21 heavy (non-hydrogen) atoms. The number of aryl methyl sites for hydroxylation is 2. The Labute approximate surface area is 124 Å². The first-order valence-electron chi connectivity index (χ1n) is 6.30. The van der Waals surface area contributed by atoms with Crippen LogP contribution in [0.15, 0.2) is 52.5 Å². The molecular formula is C15H16N2O3S. The second-order valence-corrected chi connectivity index (χ2v) is 6.31. The van der Waals surface area contributed by atoms with Gasteiger partial charge in [-0.05, 0) is 37.6 Å². The van der Waals surface area contributed by atoms with Gasteiger partial charge >= 0.3 is 0 Å². The van der Waals surface area contributed by atoms with E-state index < -0.39 is 10.0 Å². The Morgan fingerprint density at radius 2 is 1.86 bits per heavy atom. The van der Waals surface area contributed by atoms with Crippen molar-refractivity contribution in [3.63, 3.8) is 0 Å². The molecule has 2 aromatic carbocycles. The Bertz CT molecular complexity index is 783. The van der Waals surface area contributed by atoms with Gasteiger partial charge in [-0.2, -0.15) is 13.5 Å². The summed E-state index contributed by atoms with van der Waals surface area (Å²) in [5.74, 6) is 0.0342. The monoisotopic (exact) mass is 304 g/mol. The van der Waals surface area contributed by atoms with Crippen LogP contribution in [0.1, 0.15) is 16.7 Å². The van der Waals surface area contributed by atoms with E-state index in [1.54, 1.807) is 43.3 Å². The second-order valence-electron chi connectivity index (χ2n) is 4.68. The lowest BCUT2D eigenvalue weighted by molar-refractivity contribution is 0.474. The van der Waals surface area contributed by atoms with Crippen LogP contribution in [0.2, 0.25) is 0 Å². The number of aromatic hydroxyl groups is 1. The molecular weight excluding hydrogens is 288 g/mol. The summed E-state index contributed by atoms with van der Waals surface area (Å²) in [6.07, 6.45) is 1.26. The highest BCUT2D eigenvalue weighted by Gasteiger charge is 2.15. The number of rotatable bonds is 4. The summed E-state index contributed by atoms with van der Waals surface area (Å²) in [5, 5.41) is 13.3. The van der Waals surface area contributed by atoms with E-state index in [0.29, 0.717) is 11.1 Å². The molecule has 0 bridgehead atoms. The van der Waals surface area contributed by atoms with E-state index in [-0.39, 0.29) is 10.6 Å². The van der Waals surface area contributed by atoms with Crippen LogP contribution in [0, 0.1) is 13.8 Å². The minimum atomic E-state index is -3.72. The maximum Gasteiger partial charge on any atom is 0.276 e. The fraction of sp³-hybridized carbons (Fsp3) is 0.133. The van der Waals surface area contributed by atoms with Crippen molar-refractivity contribution in [3.05, 3.63) is 59.2 Å². The third-order valence-electron chi connectivity index (χ3n) is 2.93. The zero-order chi connectivity index (χ0) is 15.5. The largest absolute Gasteiger partial charge is 0.507 e. The van der Waals surface area contributed by atoms with E-state index >= 15 is 0 Å². The summed E-state index contributed by atoms with van der Waals surface area (Å²) < 4.78 is 24.3. The van der Waals surface area contributed by atoms with Gasteiger partial charge in [0.05, 0.1) is 11.1 Å². The van der Waals surface area contributed by atoms with Crippen molar-refractivity contribution in [3.8, 4) is 5.75 Å². The van der Waals surface area contributed by atoms with Gasteiger partial charge in [-0.15, -0.1) is 0 Å².